The Hall–Kier alpha value is -2.65. The summed E-state index contributed by atoms with van der Waals surface area (Å²) < 4.78 is 11.2. The first-order valence-corrected chi connectivity index (χ1v) is 11.9. The first-order chi connectivity index (χ1) is 15.4. The van der Waals surface area contributed by atoms with E-state index in [9.17, 15) is 9.59 Å². The average Bonchev–Trinajstić information content (AvgIpc) is 3.07. The molecule has 2 N–H and O–H groups in total. The van der Waals surface area contributed by atoms with Crippen LogP contribution in [0.5, 0.6) is 11.5 Å². The van der Waals surface area contributed by atoms with Gasteiger partial charge in [0, 0.05) is 23.2 Å². The van der Waals surface area contributed by atoms with Crippen LogP contribution in [0.1, 0.15) is 37.3 Å². The number of aryl methyl sites for hydroxylation is 2. The van der Waals surface area contributed by atoms with Crippen LogP contribution in [0.25, 0.3) is 0 Å². The number of anilines is 2. The van der Waals surface area contributed by atoms with Crippen LogP contribution in [-0.2, 0) is 9.59 Å². The number of benzene rings is 1. The maximum Gasteiger partial charge on any atom is 0.240 e. The highest BCUT2D eigenvalue weighted by Crippen LogP contribution is 2.31. The number of aromatic nitrogens is 1. The molecule has 9 heteroatoms. The van der Waals surface area contributed by atoms with Crippen LogP contribution in [0.4, 0.5) is 10.8 Å². The van der Waals surface area contributed by atoms with E-state index >= 15 is 0 Å². The lowest BCUT2D eigenvalue weighted by Gasteiger charge is -2.31. The summed E-state index contributed by atoms with van der Waals surface area (Å²) in [5, 5.41) is 6.48. The highest BCUT2D eigenvalue weighted by molar-refractivity contribution is 7.15. The molecule has 1 fully saturated rings. The average molecular weight is 461 g/mol. The number of carbonyl (C=O) groups is 2. The molecule has 0 spiro atoms. The number of thiazole rings is 1. The summed E-state index contributed by atoms with van der Waals surface area (Å²) in [6.45, 7) is 10.4. The summed E-state index contributed by atoms with van der Waals surface area (Å²) in [4.78, 5) is 32.8. The SMILES string of the molecule is CCOc1ccc(NC(=O)C2CCCN(CC(=O)Nc3nc(C)c(C)s3)C2)cc1OCC. The highest BCUT2D eigenvalue weighted by atomic mass is 32.1. The summed E-state index contributed by atoms with van der Waals surface area (Å²) in [6, 6.07) is 5.42. The summed E-state index contributed by atoms with van der Waals surface area (Å²) in [6.07, 6.45) is 1.67. The molecule has 0 saturated carbocycles. The van der Waals surface area contributed by atoms with Crippen molar-refractivity contribution in [2.24, 2.45) is 5.92 Å². The van der Waals surface area contributed by atoms with Crippen molar-refractivity contribution in [1.29, 1.82) is 0 Å². The van der Waals surface area contributed by atoms with Crippen LogP contribution < -0.4 is 20.1 Å². The Kier molecular flexibility index (Phi) is 8.46. The molecule has 1 aliphatic rings. The number of amides is 2. The number of nitrogens with zero attached hydrogens (tertiary/aromatic N) is 2. The van der Waals surface area contributed by atoms with E-state index in [1.807, 2.05) is 44.7 Å². The van der Waals surface area contributed by atoms with Gasteiger partial charge >= 0.3 is 0 Å². The zero-order valence-corrected chi connectivity index (χ0v) is 20.0. The van der Waals surface area contributed by atoms with Crippen LogP contribution in [0, 0.1) is 19.8 Å². The van der Waals surface area contributed by atoms with Crippen LogP contribution in [0.3, 0.4) is 0 Å². The molecule has 1 aliphatic heterocycles. The Bertz CT molecular complexity index is 927. The minimum Gasteiger partial charge on any atom is -0.490 e. The molecule has 2 amide bonds. The molecular weight excluding hydrogens is 428 g/mol. The van der Waals surface area contributed by atoms with Crippen molar-refractivity contribution in [3.8, 4) is 11.5 Å². The Morgan fingerprint density at radius 2 is 1.91 bits per heavy atom. The highest BCUT2D eigenvalue weighted by Gasteiger charge is 2.27. The van der Waals surface area contributed by atoms with Crippen molar-refractivity contribution in [1.82, 2.24) is 9.88 Å². The van der Waals surface area contributed by atoms with Crippen molar-refractivity contribution in [3.63, 3.8) is 0 Å². The predicted octanol–water partition coefficient (Wildman–Crippen LogP) is 3.85. The molecule has 2 heterocycles. The monoisotopic (exact) mass is 460 g/mol. The summed E-state index contributed by atoms with van der Waals surface area (Å²) >= 11 is 1.48. The molecular formula is C23H32N4O4S. The Balaban J connectivity index is 1.55. The summed E-state index contributed by atoms with van der Waals surface area (Å²) in [5.74, 6) is 0.943. The van der Waals surface area contributed by atoms with Gasteiger partial charge in [-0.3, -0.25) is 14.5 Å². The van der Waals surface area contributed by atoms with Crippen molar-refractivity contribution in [3.05, 3.63) is 28.8 Å². The second-order valence-corrected chi connectivity index (χ2v) is 9.00. The van der Waals surface area contributed by atoms with E-state index < -0.39 is 0 Å². The molecule has 174 valence electrons. The molecule has 32 heavy (non-hydrogen) atoms. The first kappa shape index (κ1) is 24.0. The minimum atomic E-state index is -0.178. The van der Waals surface area contributed by atoms with Crippen LogP contribution in [0.15, 0.2) is 18.2 Å². The zero-order chi connectivity index (χ0) is 23.1. The Morgan fingerprint density at radius 1 is 1.16 bits per heavy atom. The number of likely N-dealkylation sites (tertiary alicyclic amines) is 1. The van der Waals surface area contributed by atoms with E-state index in [0.717, 1.165) is 30.0 Å². The zero-order valence-electron chi connectivity index (χ0n) is 19.2. The Morgan fingerprint density at radius 3 is 2.59 bits per heavy atom. The number of piperidine rings is 1. The molecule has 1 saturated heterocycles. The van der Waals surface area contributed by atoms with Crippen LogP contribution in [0.2, 0.25) is 0 Å². The lowest BCUT2D eigenvalue weighted by Crippen LogP contribution is -2.43. The molecule has 0 aliphatic carbocycles. The fourth-order valence-corrected chi connectivity index (χ4v) is 4.51. The fraction of sp³-hybridized carbons (Fsp3) is 0.522. The quantitative estimate of drug-likeness (QED) is 0.591. The van der Waals surface area contributed by atoms with Crippen molar-refractivity contribution in [2.75, 3.05) is 43.5 Å². The van der Waals surface area contributed by atoms with Crippen molar-refractivity contribution >= 4 is 34.0 Å². The number of carbonyl (C=O) groups excluding carboxylic acids is 2. The summed E-state index contributed by atoms with van der Waals surface area (Å²) in [7, 11) is 0. The van der Waals surface area contributed by atoms with E-state index in [1.54, 1.807) is 6.07 Å². The van der Waals surface area contributed by atoms with Crippen molar-refractivity contribution in [2.45, 2.75) is 40.5 Å². The van der Waals surface area contributed by atoms with E-state index in [4.69, 9.17) is 9.47 Å². The van der Waals surface area contributed by atoms with Crippen LogP contribution >= 0.6 is 11.3 Å². The van der Waals surface area contributed by atoms with Gasteiger partial charge in [0.25, 0.3) is 0 Å². The molecule has 1 aromatic heterocycles. The van der Waals surface area contributed by atoms with Gasteiger partial charge in [0.2, 0.25) is 11.8 Å². The van der Waals surface area contributed by atoms with Crippen LogP contribution in [-0.4, -0.2) is 54.5 Å². The van der Waals surface area contributed by atoms with Gasteiger partial charge in [-0.05, 0) is 59.2 Å². The molecule has 1 aromatic carbocycles. The number of nitrogens with one attached hydrogen (secondary N) is 2. The standard InChI is InChI=1S/C23H32N4O4S/c1-5-30-19-10-9-18(12-20(19)31-6-2)25-22(29)17-8-7-11-27(13-17)14-21(28)26-23-24-15(3)16(4)32-23/h9-10,12,17H,5-8,11,13-14H2,1-4H3,(H,25,29)(H,24,26,28). The number of hydrogen-bond acceptors (Lipinski definition) is 7. The molecule has 3 rings (SSSR count). The minimum absolute atomic E-state index is 0.0483. The molecule has 1 unspecified atom stereocenters. The summed E-state index contributed by atoms with van der Waals surface area (Å²) in [5.41, 5.74) is 1.60. The normalized spacial score (nSPS) is 16.4. The van der Waals surface area contributed by atoms with Gasteiger partial charge in [0.1, 0.15) is 0 Å². The van der Waals surface area contributed by atoms with E-state index in [0.29, 0.717) is 42.1 Å². The van der Waals surface area contributed by atoms with Gasteiger partial charge in [-0.15, -0.1) is 11.3 Å². The van der Waals surface area contributed by atoms with Gasteiger partial charge in [0.05, 0.1) is 31.4 Å². The molecule has 0 bridgehead atoms. The molecule has 8 nitrogen and oxygen atoms in total. The lowest BCUT2D eigenvalue weighted by atomic mass is 9.97. The van der Waals surface area contributed by atoms with E-state index in [1.165, 1.54) is 11.3 Å². The van der Waals surface area contributed by atoms with Crippen molar-refractivity contribution < 1.29 is 19.1 Å². The predicted molar refractivity (Wildman–Crippen MR) is 127 cm³/mol. The topological polar surface area (TPSA) is 92.8 Å². The largest absolute Gasteiger partial charge is 0.490 e. The number of hydrogen-bond donors (Lipinski definition) is 2. The Labute approximate surface area is 193 Å². The maximum atomic E-state index is 12.9. The molecule has 1 atom stereocenters. The first-order valence-electron chi connectivity index (χ1n) is 11.1. The van der Waals surface area contributed by atoms with Gasteiger partial charge in [0.15, 0.2) is 16.6 Å². The molecule has 0 radical (unpaired) electrons. The number of rotatable bonds is 9. The van der Waals surface area contributed by atoms with Gasteiger partial charge in [-0.25, -0.2) is 4.98 Å². The number of ether oxygens (including phenoxy) is 2. The van der Waals surface area contributed by atoms with Gasteiger partial charge in [-0.1, -0.05) is 0 Å². The third-order valence-electron chi connectivity index (χ3n) is 5.33. The molecule has 2 aromatic rings. The van der Waals surface area contributed by atoms with E-state index in [-0.39, 0.29) is 24.3 Å². The van der Waals surface area contributed by atoms with E-state index in [2.05, 4.69) is 15.6 Å². The van der Waals surface area contributed by atoms with Gasteiger partial charge < -0.3 is 20.1 Å². The third-order valence-corrected chi connectivity index (χ3v) is 6.32. The smallest absolute Gasteiger partial charge is 0.240 e. The fourth-order valence-electron chi connectivity index (χ4n) is 3.67. The third kappa shape index (κ3) is 6.43. The maximum absolute atomic E-state index is 12.9. The second-order valence-electron chi connectivity index (χ2n) is 7.80. The second kappa shape index (κ2) is 11.3. The van der Waals surface area contributed by atoms with Gasteiger partial charge in [-0.2, -0.15) is 0 Å². The lowest BCUT2D eigenvalue weighted by molar-refractivity contribution is -0.123.